The lowest BCUT2D eigenvalue weighted by molar-refractivity contribution is 0.0938. The Morgan fingerprint density at radius 1 is 1.38 bits per heavy atom. The van der Waals surface area contributed by atoms with Crippen molar-refractivity contribution in [3.8, 4) is 0 Å². The Morgan fingerprint density at radius 3 is 2.69 bits per heavy atom. The van der Waals surface area contributed by atoms with Crippen LogP contribution in [0.3, 0.4) is 0 Å². The minimum atomic E-state index is -0.131. The molecule has 1 aliphatic heterocycles. The second-order valence-electron chi connectivity index (χ2n) is 3.76. The maximum absolute atomic E-state index is 11.4. The molecule has 0 spiro atoms. The zero-order valence-electron chi connectivity index (χ0n) is 7.79. The highest BCUT2D eigenvalue weighted by Crippen LogP contribution is 2.28. The van der Waals surface area contributed by atoms with Gasteiger partial charge >= 0.3 is 6.09 Å². The minimum Gasteiger partial charge on any atom is -0.449 e. The van der Waals surface area contributed by atoms with Gasteiger partial charge < -0.3 is 15.0 Å². The fraction of sp³-hybridized carbons (Fsp3) is 0.889. The van der Waals surface area contributed by atoms with Crippen LogP contribution in [0.5, 0.6) is 0 Å². The van der Waals surface area contributed by atoms with Gasteiger partial charge in [0.25, 0.3) is 0 Å². The quantitative estimate of drug-likeness (QED) is 0.677. The van der Waals surface area contributed by atoms with E-state index in [2.05, 4.69) is 5.32 Å². The summed E-state index contributed by atoms with van der Waals surface area (Å²) in [4.78, 5) is 13.2. The van der Waals surface area contributed by atoms with Crippen LogP contribution in [0.15, 0.2) is 0 Å². The summed E-state index contributed by atoms with van der Waals surface area (Å²) < 4.78 is 5.16. The normalized spacial score (nSPS) is 22.9. The lowest BCUT2D eigenvalue weighted by Crippen LogP contribution is -2.46. The number of nitrogens with zero attached hydrogens (tertiary/aromatic N) is 1. The van der Waals surface area contributed by atoms with Crippen LogP contribution in [0.1, 0.15) is 12.8 Å². The summed E-state index contributed by atoms with van der Waals surface area (Å²) in [6.45, 7) is 3.97. The van der Waals surface area contributed by atoms with Gasteiger partial charge in [0.05, 0.1) is 6.61 Å². The maximum atomic E-state index is 11.4. The van der Waals surface area contributed by atoms with Crippen LogP contribution in [-0.4, -0.2) is 43.8 Å². The van der Waals surface area contributed by atoms with Gasteiger partial charge in [-0.15, -0.1) is 0 Å². The fourth-order valence-corrected chi connectivity index (χ4v) is 1.41. The number of ether oxygens (including phenoxy) is 1. The van der Waals surface area contributed by atoms with Crippen molar-refractivity contribution < 1.29 is 9.53 Å². The van der Waals surface area contributed by atoms with Crippen LogP contribution in [0.25, 0.3) is 0 Å². The zero-order valence-corrected chi connectivity index (χ0v) is 7.79. The molecule has 1 N–H and O–H groups in total. The first-order valence-corrected chi connectivity index (χ1v) is 4.98. The number of nitrogens with one attached hydrogen (secondary N) is 1. The first kappa shape index (κ1) is 8.81. The molecule has 13 heavy (non-hydrogen) atoms. The van der Waals surface area contributed by atoms with Gasteiger partial charge in [-0.2, -0.15) is 0 Å². The second kappa shape index (κ2) is 3.96. The highest BCUT2D eigenvalue weighted by Gasteiger charge is 2.25. The average molecular weight is 184 g/mol. The summed E-state index contributed by atoms with van der Waals surface area (Å²) in [5.41, 5.74) is 0. The van der Waals surface area contributed by atoms with E-state index in [1.807, 2.05) is 0 Å². The molecule has 2 aliphatic rings. The number of carbonyl (C=O) groups excluding carboxylic acids is 1. The molecule has 1 saturated carbocycles. The highest BCUT2D eigenvalue weighted by atomic mass is 16.6. The van der Waals surface area contributed by atoms with Crippen molar-refractivity contribution in [3.05, 3.63) is 0 Å². The van der Waals surface area contributed by atoms with Gasteiger partial charge in [0.15, 0.2) is 0 Å². The Balaban J connectivity index is 1.67. The SMILES string of the molecule is O=C(OCC1CC1)N1CCNCC1. The number of amides is 1. The van der Waals surface area contributed by atoms with E-state index in [1.54, 1.807) is 4.90 Å². The molecule has 0 atom stereocenters. The Morgan fingerprint density at radius 2 is 2.08 bits per heavy atom. The number of hydrogen-bond acceptors (Lipinski definition) is 3. The summed E-state index contributed by atoms with van der Waals surface area (Å²) in [6, 6.07) is 0. The van der Waals surface area contributed by atoms with E-state index >= 15 is 0 Å². The smallest absolute Gasteiger partial charge is 0.409 e. The molecule has 2 rings (SSSR count). The number of carbonyl (C=O) groups is 1. The molecule has 4 heteroatoms. The molecule has 74 valence electrons. The van der Waals surface area contributed by atoms with E-state index in [0.717, 1.165) is 26.2 Å². The summed E-state index contributed by atoms with van der Waals surface area (Å²) in [7, 11) is 0. The van der Waals surface area contributed by atoms with Crippen molar-refractivity contribution in [2.24, 2.45) is 5.92 Å². The summed E-state index contributed by atoms with van der Waals surface area (Å²) in [5.74, 6) is 0.659. The molecule has 1 aliphatic carbocycles. The van der Waals surface area contributed by atoms with Gasteiger partial charge in [-0.3, -0.25) is 0 Å². The minimum absolute atomic E-state index is 0.131. The van der Waals surface area contributed by atoms with Crippen LogP contribution in [0.2, 0.25) is 0 Å². The molecule has 0 aromatic carbocycles. The standard InChI is InChI=1S/C9H16N2O2/c12-9(13-7-8-1-2-8)11-5-3-10-4-6-11/h8,10H,1-7H2. The Bertz CT molecular complexity index is 186. The van der Waals surface area contributed by atoms with Crippen LogP contribution < -0.4 is 5.32 Å². The predicted octanol–water partition coefficient (Wildman–Crippen LogP) is 0.438. The predicted molar refractivity (Wildman–Crippen MR) is 48.5 cm³/mol. The maximum Gasteiger partial charge on any atom is 0.409 e. The van der Waals surface area contributed by atoms with Crippen molar-refractivity contribution in [1.82, 2.24) is 10.2 Å². The van der Waals surface area contributed by atoms with Gasteiger partial charge in [0.2, 0.25) is 0 Å². The zero-order chi connectivity index (χ0) is 9.10. The molecule has 0 aromatic rings. The summed E-state index contributed by atoms with van der Waals surface area (Å²) in [5, 5.41) is 3.20. The van der Waals surface area contributed by atoms with Crippen molar-refractivity contribution in [2.75, 3.05) is 32.8 Å². The first-order valence-electron chi connectivity index (χ1n) is 4.98. The molecule has 0 radical (unpaired) electrons. The van der Waals surface area contributed by atoms with Crippen molar-refractivity contribution in [1.29, 1.82) is 0 Å². The molecule has 1 saturated heterocycles. The number of piperazine rings is 1. The molecule has 4 nitrogen and oxygen atoms in total. The molecule has 0 aromatic heterocycles. The third-order valence-corrected chi connectivity index (χ3v) is 2.51. The molecular formula is C9H16N2O2. The van der Waals surface area contributed by atoms with Crippen LogP contribution in [0.4, 0.5) is 4.79 Å². The van der Waals surface area contributed by atoms with Crippen LogP contribution >= 0.6 is 0 Å². The summed E-state index contributed by atoms with van der Waals surface area (Å²) >= 11 is 0. The monoisotopic (exact) mass is 184 g/mol. The number of hydrogen-bond donors (Lipinski definition) is 1. The van der Waals surface area contributed by atoms with Crippen molar-refractivity contribution in [3.63, 3.8) is 0 Å². The third-order valence-electron chi connectivity index (χ3n) is 2.51. The molecule has 0 unspecified atom stereocenters. The van der Waals surface area contributed by atoms with Gasteiger partial charge in [0.1, 0.15) is 0 Å². The topological polar surface area (TPSA) is 41.6 Å². The highest BCUT2D eigenvalue weighted by molar-refractivity contribution is 5.67. The van der Waals surface area contributed by atoms with E-state index in [4.69, 9.17) is 4.74 Å². The average Bonchev–Trinajstić information content (AvgIpc) is 2.99. The Labute approximate surface area is 78.2 Å². The van der Waals surface area contributed by atoms with E-state index < -0.39 is 0 Å². The van der Waals surface area contributed by atoms with E-state index in [9.17, 15) is 4.79 Å². The molecular weight excluding hydrogens is 168 g/mol. The van der Waals surface area contributed by atoms with Crippen molar-refractivity contribution >= 4 is 6.09 Å². The Kier molecular flexibility index (Phi) is 2.68. The molecule has 1 heterocycles. The van der Waals surface area contributed by atoms with Gasteiger partial charge in [-0.05, 0) is 18.8 Å². The van der Waals surface area contributed by atoms with Gasteiger partial charge in [-0.25, -0.2) is 4.79 Å². The van der Waals surface area contributed by atoms with E-state index in [1.165, 1.54) is 12.8 Å². The Hall–Kier alpha value is -0.770. The lowest BCUT2D eigenvalue weighted by atomic mass is 10.4. The van der Waals surface area contributed by atoms with Crippen LogP contribution in [0, 0.1) is 5.92 Å². The fourth-order valence-electron chi connectivity index (χ4n) is 1.41. The van der Waals surface area contributed by atoms with E-state index in [-0.39, 0.29) is 6.09 Å². The van der Waals surface area contributed by atoms with Gasteiger partial charge in [0, 0.05) is 26.2 Å². The lowest BCUT2D eigenvalue weighted by Gasteiger charge is -2.26. The molecule has 1 amide bonds. The largest absolute Gasteiger partial charge is 0.449 e. The first-order chi connectivity index (χ1) is 6.36. The number of rotatable bonds is 2. The molecule has 0 bridgehead atoms. The van der Waals surface area contributed by atoms with Gasteiger partial charge in [-0.1, -0.05) is 0 Å². The van der Waals surface area contributed by atoms with Crippen molar-refractivity contribution in [2.45, 2.75) is 12.8 Å². The van der Waals surface area contributed by atoms with Crippen LogP contribution in [-0.2, 0) is 4.74 Å². The molecule has 2 fully saturated rings. The van der Waals surface area contributed by atoms with E-state index in [0.29, 0.717) is 12.5 Å². The second-order valence-corrected chi connectivity index (χ2v) is 3.76. The summed E-state index contributed by atoms with van der Waals surface area (Å²) in [6.07, 6.45) is 2.33. The third kappa shape index (κ3) is 2.59.